The van der Waals surface area contributed by atoms with Crippen LogP contribution in [-0.2, 0) is 0 Å². The molecule has 160 valence electrons. The highest BCUT2D eigenvalue weighted by molar-refractivity contribution is 6.30. The van der Waals surface area contributed by atoms with Crippen LogP contribution in [0.25, 0.3) is 22.4 Å². The van der Waals surface area contributed by atoms with Gasteiger partial charge in [0.2, 0.25) is 0 Å². The lowest BCUT2D eigenvalue weighted by molar-refractivity contribution is 0.0706. The van der Waals surface area contributed by atoms with Crippen molar-refractivity contribution in [1.82, 2.24) is 30.0 Å². The summed E-state index contributed by atoms with van der Waals surface area (Å²) in [6.07, 6.45) is 10.3. The zero-order valence-electron chi connectivity index (χ0n) is 17.3. The molecule has 4 heterocycles. The number of halogens is 1. The maximum atomic E-state index is 13.3. The van der Waals surface area contributed by atoms with Crippen molar-refractivity contribution in [2.45, 2.75) is 18.8 Å². The molecule has 0 bridgehead atoms. The Kier molecular flexibility index (Phi) is 5.64. The number of carbonyl (C=O) groups excluding carboxylic acids is 1. The van der Waals surface area contributed by atoms with Crippen molar-refractivity contribution in [3.63, 3.8) is 0 Å². The third-order valence-electron chi connectivity index (χ3n) is 5.80. The predicted molar refractivity (Wildman–Crippen MR) is 122 cm³/mol. The minimum absolute atomic E-state index is 0.00255. The van der Waals surface area contributed by atoms with Crippen LogP contribution in [0.5, 0.6) is 0 Å². The van der Waals surface area contributed by atoms with E-state index in [0.717, 1.165) is 41.8 Å². The molecule has 8 heteroatoms. The van der Waals surface area contributed by atoms with E-state index in [9.17, 15) is 4.79 Å². The van der Waals surface area contributed by atoms with Crippen LogP contribution in [0.4, 0.5) is 0 Å². The molecule has 1 N–H and O–H groups in total. The number of carbonyl (C=O) groups is 1. The van der Waals surface area contributed by atoms with Gasteiger partial charge < -0.3 is 4.90 Å². The molecule has 1 aromatic carbocycles. The van der Waals surface area contributed by atoms with E-state index in [1.54, 1.807) is 30.7 Å². The maximum absolute atomic E-state index is 13.3. The van der Waals surface area contributed by atoms with Gasteiger partial charge in [0.15, 0.2) is 0 Å². The third-order valence-corrected chi connectivity index (χ3v) is 6.06. The van der Waals surface area contributed by atoms with Crippen LogP contribution < -0.4 is 0 Å². The highest BCUT2D eigenvalue weighted by Gasteiger charge is 2.28. The standard InChI is InChI=1S/C24H21ClN6O/c25-20-5-3-16(4-6-20)21-13-29-30-23(21)18-2-1-9-31(14-18)24(32)17-7-8-28-22(10-17)19-11-26-15-27-12-19/h3-8,10-13,15,18H,1-2,9,14H2,(H,29,30)/t18-/m1/s1. The molecule has 1 saturated heterocycles. The van der Waals surface area contributed by atoms with Gasteiger partial charge in [0.05, 0.1) is 11.9 Å². The lowest BCUT2D eigenvalue weighted by Crippen LogP contribution is -2.39. The number of H-pyrrole nitrogens is 1. The van der Waals surface area contributed by atoms with Crippen molar-refractivity contribution in [3.05, 3.63) is 83.8 Å². The van der Waals surface area contributed by atoms with Crippen LogP contribution in [0, 0.1) is 0 Å². The molecule has 1 amide bonds. The summed E-state index contributed by atoms with van der Waals surface area (Å²) in [4.78, 5) is 27.7. The highest BCUT2D eigenvalue weighted by Crippen LogP contribution is 2.34. The lowest BCUT2D eigenvalue weighted by Gasteiger charge is -2.33. The van der Waals surface area contributed by atoms with Crippen molar-refractivity contribution < 1.29 is 4.79 Å². The lowest BCUT2D eigenvalue weighted by atomic mass is 9.90. The van der Waals surface area contributed by atoms with Crippen LogP contribution in [-0.4, -0.2) is 49.0 Å². The number of likely N-dealkylation sites (tertiary alicyclic amines) is 1. The van der Waals surface area contributed by atoms with Crippen molar-refractivity contribution >= 4 is 17.5 Å². The summed E-state index contributed by atoms with van der Waals surface area (Å²) in [7, 11) is 0. The minimum atomic E-state index is 0.00255. The van der Waals surface area contributed by atoms with E-state index < -0.39 is 0 Å². The summed E-state index contributed by atoms with van der Waals surface area (Å²) in [6, 6.07) is 11.3. The van der Waals surface area contributed by atoms with Crippen LogP contribution in [0.2, 0.25) is 5.02 Å². The second kappa shape index (κ2) is 8.88. The number of amides is 1. The Balaban J connectivity index is 1.37. The largest absolute Gasteiger partial charge is 0.338 e. The molecule has 5 rings (SSSR count). The summed E-state index contributed by atoms with van der Waals surface area (Å²) in [5, 5.41) is 8.16. The van der Waals surface area contributed by atoms with Gasteiger partial charge >= 0.3 is 0 Å². The topological polar surface area (TPSA) is 87.7 Å². The summed E-state index contributed by atoms with van der Waals surface area (Å²) in [5.41, 5.74) is 5.25. The molecular weight excluding hydrogens is 424 g/mol. The highest BCUT2D eigenvalue weighted by atomic mass is 35.5. The Labute approximate surface area is 190 Å². The third kappa shape index (κ3) is 4.11. The van der Waals surface area contributed by atoms with Crippen molar-refractivity contribution in [3.8, 4) is 22.4 Å². The average Bonchev–Trinajstić information content (AvgIpc) is 3.35. The molecule has 0 unspecified atom stereocenters. The zero-order valence-corrected chi connectivity index (χ0v) is 18.0. The van der Waals surface area contributed by atoms with E-state index in [-0.39, 0.29) is 11.8 Å². The zero-order chi connectivity index (χ0) is 21.9. The summed E-state index contributed by atoms with van der Waals surface area (Å²) < 4.78 is 0. The molecule has 4 aromatic rings. The molecule has 1 fully saturated rings. The van der Waals surface area contributed by atoms with Gasteiger partial charge in [0, 0.05) is 65.0 Å². The van der Waals surface area contributed by atoms with E-state index in [4.69, 9.17) is 11.6 Å². The van der Waals surface area contributed by atoms with E-state index in [2.05, 4.69) is 25.1 Å². The van der Waals surface area contributed by atoms with Gasteiger partial charge in [0.25, 0.3) is 5.91 Å². The summed E-state index contributed by atoms with van der Waals surface area (Å²) in [5.74, 6) is 0.187. The first-order chi connectivity index (χ1) is 15.7. The fourth-order valence-electron chi connectivity index (χ4n) is 4.20. The number of piperidine rings is 1. The monoisotopic (exact) mass is 444 g/mol. The van der Waals surface area contributed by atoms with Gasteiger partial charge in [-0.3, -0.25) is 14.9 Å². The smallest absolute Gasteiger partial charge is 0.254 e. The number of nitrogens with one attached hydrogen (secondary N) is 1. The number of rotatable bonds is 4. The molecule has 0 spiro atoms. The minimum Gasteiger partial charge on any atom is -0.338 e. The number of nitrogens with zero attached hydrogens (tertiary/aromatic N) is 5. The number of aromatic amines is 1. The number of pyridine rings is 1. The van der Waals surface area contributed by atoms with Crippen molar-refractivity contribution in [1.29, 1.82) is 0 Å². The second-order valence-corrected chi connectivity index (χ2v) is 8.29. The van der Waals surface area contributed by atoms with Gasteiger partial charge in [-0.1, -0.05) is 23.7 Å². The molecule has 0 saturated carbocycles. The molecular formula is C24H21ClN6O. The molecule has 32 heavy (non-hydrogen) atoms. The second-order valence-electron chi connectivity index (χ2n) is 7.85. The Morgan fingerprint density at radius 1 is 1.06 bits per heavy atom. The van der Waals surface area contributed by atoms with Crippen LogP contribution in [0.3, 0.4) is 0 Å². The Morgan fingerprint density at radius 2 is 1.88 bits per heavy atom. The molecule has 1 aliphatic heterocycles. The normalized spacial score (nSPS) is 16.2. The van der Waals surface area contributed by atoms with Crippen LogP contribution >= 0.6 is 11.6 Å². The Morgan fingerprint density at radius 3 is 2.69 bits per heavy atom. The van der Waals surface area contributed by atoms with Crippen molar-refractivity contribution in [2.24, 2.45) is 0 Å². The molecule has 7 nitrogen and oxygen atoms in total. The summed E-state index contributed by atoms with van der Waals surface area (Å²) >= 11 is 6.04. The predicted octanol–water partition coefficient (Wildman–Crippen LogP) is 4.60. The first kappa shape index (κ1) is 20.3. The number of benzene rings is 1. The van der Waals surface area contributed by atoms with E-state index in [1.165, 1.54) is 6.33 Å². The maximum Gasteiger partial charge on any atom is 0.254 e. The van der Waals surface area contributed by atoms with Gasteiger partial charge in [-0.2, -0.15) is 5.10 Å². The van der Waals surface area contributed by atoms with E-state index in [0.29, 0.717) is 22.8 Å². The van der Waals surface area contributed by atoms with Crippen LogP contribution in [0.15, 0.2) is 67.5 Å². The summed E-state index contributed by atoms with van der Waals surface area (Å²) in [6.45, 7) is 1.36. The fourth-order valence-corrected chi connectivity index (χ4v) is 4.33. The average molecular weight is 445 g/mol. The van der Waals surface area contributed by atoms with Crippen molar-refractivity contribution in [2.75, 3.05) is 13.1 Å². The number of aromatic nitrogens is 5. The first-order valence-electron chi connectivity index (χ1n) is 10.5. The number of hydrogen-bond acceptors (Lipinski definition) is 5. The molecule has 0 aliphatic carbocycles. The van der Waals surface area contributed by atoms with Gasteiger partial charge in [0.1, 0.15) is 6.33 Å². The SMILES string of the molecule is O=C(c1ccnc(-c2cncnc2)c1)N1CCC[C@@H](c2[nH]ncc2-c2ccc(Cl)cc2)C1. The van der Waals surface area contributed by atoms with Gasteiger partial charge in [-0.15, -0.1) is 0 Å². The first-order valence-corrected chi connectivity index (χ1v) is 10.9. The molecule has 3 aromatic heterocycles. The van der Waals surface area contributed by atoms with E-state index >= 15 is 0 Å². The van der Waals surface area contributed by atoms with Gasteiger partial charge in [-0.25, -0.2) is 9.97 Å². The number of hydrogen-bond donors (Lipinski definition) is 1. The molecule has 1 aliphatic rings. The molecule has 0 radical (unpaired) electrons. The Bertz CT molecular complexity index is 1220. The Hall–Kier alpha value is -3.58. The molecule has 1 atom stereocenters. The van der Waals surface area contributed by atoms with Crippen LogP contribution in [0.1, 0.15) is 34.8 Å². The quantitative estimate of drug-likeness (QED) is 0.497. The van der Waals surface area contributed by atoms with Gasteiger partial charge in [-0.05, 0) is 42.7 Å². The van der Waals surface area contributed by atoms with E-state index in [1.807, 2.05) is 35.4 Å². The fraction of sp³-hybridized carbons (Fsp3) is 0.208.